The van der Waals surface area contributed by atoms with Crippen LogP contribution < -0.4 is 10.5 Å². The second kappa shape index (κ2) is 5.03. The lowest BCUT2D eigenvalue weighted by molar-refractivity contribution is 0.265. The molecule has 96 valence electrons. The molecule has 4 N–H and O–H groups in total. The lowest BCUT2D eigenvalue weighted by atomic mass is 10.1. The lowest BCUT2D eigenvalue weighted by Gasteiger charge is -2.15. The Hall–Kier alpha value is -1.11. The van der Waals surface area contributed by atoms with Crippen molar-refractivity contribution >= 4 is 15.7 Å². The van der Waals surface area contributed by atoms with Gasteiger partial charge in [-0.2, -0.15) is 0 Å². The van der Waals surface area contributed by atoms with Gasteiger partial charge in [-0.1, -0.05) is 0 Å². The van der Waals surface area contributed by atoms with Crippen molar-refractivity contribution in [2.24, 2.45) is 0 Å². The molecule has 6 heteroatoms. The lowest BCUT2D eigenvalue weighted by Crippen LogP contribution is -2.35. The zero-order valence-corrected chi connectivity index (χ0v) is 11.0. The fourth-order valence-electron chi connectivity index (χ4n) is 1.50. The van der Waals surface area contributed by atoms with Gasteiger partial charge in [-0.25, -0.2) is 13.1 Å². The number of sulfonamides is 1. The second-order valence-electron chi connectivity index (χ2n) is 4.17. The fraction of sp³-hybridized carbons (Fsp3) is 0.455. The van der Waals surface area contributed by atoms with E-state index in [9.17, 15) is 8.42 Å². The minimum absolute atomic E-state index is 0.162. The summed E-state index contributed by atoms with van der Waals surface area (Å²) in [5, 5.41) is 8.87. The average Bonchev–Trinajstić information content (AvgIpc) is 2.22. The summed E-state index contributed by atoms with van der Waals surface area (Å²) in [4.78, 5) is 0.162. The van der Waals surface area contributed by atoms with Gasteiger partial charge in [-0.3, -0.25) is 0 Å². The Labute approximate surface area is 102 Å². The van der Waals surface area contributed by atoms with E-state index in [-0.39, 0.29) is 11.5 Å². The Morgan fingerprint density at radius 2 is 2.00 bits per heavy atom. The molecule has 1 aromatic carbocycles. The molecule has 0 aliphatic rings. The van der Waals surface area contributed by atoms with E-state index in [2.05, 4.69) is 4.72 Å². The highest BCUT2D eigenvalue weighted by atomic mass is 32.2. The number of benzene rings is 1. The first kappa shape index (κ1) is 14.0. The van der Waals surface area contributed by atoms with Crippen molar-refractivity contribution < 1.29 is 13.5 Å². The van der Waals surface area contributed by atoms with Crippen LogP contribution >= 0.6 is 0 Å². The van der Waals surface area contributed by atoms with Crippen molar-refractivity contribution in [2.45, 2.75) is 31.7 Å². The predicted molar refractivity (Wildman–Crippen MR) is 67.2 cm³/mol. The zero-order valence-electron chi connectivity index (χ0n) is 10.2. The largest absolute Gasteiger partial charge is 0.399 e. The van der Waals surface area contributed by atoms with Crippen LogP contribution in [0.5, 0.6) is 0 Å². The Morgan fingerprint density at radius 1 is 1.41 bits per heavy atom. The molecule has 1 rings (SSSR count). The van der Waals surface area contributed by atoms with Crippen LogP contribution in [-0.4, -0.2) is 26.2 Å². The normalized spacial score (nSPS) is 13.6. The van der Waals surface area contributed by atoms with Crippen molar-refractivity contribution in [2.75, 3.05) is 12.3 Å². The molecular weight excluding hydrogens is 240 g/mol. The molecule has 0 aliphatic heterocycles. The smallest absolute Gasteiger partial charge is 0.241 e. The summed E-state index contributed by atoms with van der Waals surface area (Å²) in [6.07, 6.45) is 0. The zero-order chi connectivity index (χ0) is 13.2. The Kier molecular flexibility index (Phi) is 4.13. The number of nitrogen functional groups attached to an aromatic ring is 1. The van der Waals surface area contributed by atoms with Gasteiger partial charge in [-0.15, -0.1) is 0 Å². The van der Waals surface area contributed by atoms with E-state index in [4.69, 9.17) is 10.8 Å². The van der Waals surface area contributed by atoms with Crippen molar-refractivity contribution in [3.05, 3.63) is 23.3 Å². The minimum atomic E-state index is -3.64. The number of aryl methyl sites for hydroxylation is 1. The van der Waals surface area contributed by atoms with Crippen molar-refractivity contribution in [1.82, 2.24) is 4.72 Å². The monoisotopic (exact) mass is 258 g/mol. The van der Waals surface area contributed by atoms with Crippen LogP contribution in [0.1, 0.15) is 18.1 Å². The van der Waals surface area contributed by atoms with Crippen LogP contribution in [-0.2, 0) is 10.0 Å². The summed E-state index contributed by atoms with van der Waals surface area (Å²) >= 11 is 0. The first-order valence-electron chi connectivity index (χ1n) is 5.28. The van der Waals surface area contributed by atoms with E-state index in [1.54, 1.807) is 26.8 Å². The van der Waals surface area contributed by atoms with Crippen molar-refractivity contribution in [1.29, 1.82) is 0 Å². The molecule has 0 aliphatic carbocycles. The number of nitrogens with two attached hydrogens (primary N) is 1. The van der Waals surface area contributed by atoms with E-state index in [1.165, 1.54) is 6.07 Å². The highest BCUT2D eigenvalue weighted by Crippen LogP contribution is 2.22. The van der Waals surface area contributed by atoms with E-state index in [1.807, 2.05) is 0 Å². The number of nitrogens with one attached hydrogen (secondary N) is 1. The van der Waals surface area contributed by atoms with Crippen LogP contribution in [0.15, 0.2) is 17.0 Å². The molecule has 0 aromatic heterocycles. The van der Waals surface area contributed by atoms with Gasteiger partial charge in [0.1, 0.15) is 0 Å². The van der Waals surface area contributed by atoms with Gasteiger partial charge in [0.15, 0.2) is 0 Å². The van der Waals surface area contributed by atoms with Gasteiger partial charge in [0.2, 0.25) is 10.0 Å². The fourth-order valence-corrected chi connectivity index (χ4v) is 3.09. The number of hydrogen-bond donors (Lipinski definition) is 3. The quantitative estimate of drug-likeness (QED) is 0.687. The summed E-state index contributed by atoms with van der Waals surface area (Å²) in [5.74, 6) is 0. The average molecular weight is 258 g/mol. The third kappa shape index (κ3) is 3.18. The molecule has 1 atom stereocenters. The molecule has 0 radical (unpaired) electrons. The van der Waals surface area contributed by atoms with Gasteiger partial charge in [0.25, 0.3) is 0 Å². The number of rotatable bonds is 4. The van der Waals surface area contributed by atoms with Crippen LogP contribution in [0, 0.1) is 13.8 Å². The van der Waals surface area contributed by atoms with Crippen LogP contribution in [0.2, 0.25) is 0 Å². The van der Waals surface area contributed by atoms with Gasteiger partial charge >= 0.3 is 0 Å². The molecule has 0 unspecified atom stereocenters. The highest BCUT2D eigenvalue weighted by molar-refractivity contribution is 7.89. The first-order chi connectivity index (χ1) is 7.77. The van der Waals surface area contributed by atoms with E-state index < -0.39 is 16.1 Å². The number of aliphatic hydroxyl groups excluding tert-OH is 1. The Morgan fingerprint density at radius 3 is 2.53 bits per heavy atom. The number of anilines is 1. The second-order valence-corrected chi connectivity index (χ2v) is 5.85. The first-order valence-corrected chi connectivity index (χ1v) is 6.76. The standard InChI is InChI=1S/C11H18N2O3S/c1-7-4-10(12)5-11(9(7)3)17(15,16)13-8(2)6-14/h4-5,8,13-14H,6,12H2,1-3H3/t8-/m1/s1. The van der Waals surface area contributed by atoms with Crippen LogP contribution in [0.3, 0.4) is 0 Å². The molecule has 17 heavy (non-hydrogen) atoms. The minimum Gasteiger partial charge on any atom is -0.399 e. The van der Waals surface area contributed by atoms with Crippen molar-refractivity contribution in [3.63, 3.8) is 0 Å². The van der Waals surface area contributed by atoms with Gasteiger partial charge in [0.05, 0.1) is 11.5 Å². The Bertz CT molecular complexity index is 512. The van der Waals surface area contributed by atoms with Crippen molar-refractivity contribution in [3.8, 4) is 0 Å². The third-order valence-corrected chi connectivity index (χ3v) is 4.28. The molecule has 5 nitrogen and oxygen atoms in total. The van der Waals surface area contributed by atoms with Gasteiger partial charge in [-0.05, 0) is 44.0 Å². The molecule has 1 aromatic rings. The number of aliphatic hydroxyl groups is 1. The third-order valence-electron chi connectivity index (χ3n) is 2.56. The van der Waals surface area contributed by atoms with Gasteiger partial charge in [0, 0.05) is 11.7 Å². The van der Waals surface area contributed by atoms with Gasteiger partial charge < -0.3 is 10.8 Å². The maximum absolute atomic E-state index is 12.0. The molecule has 0 amide bonds. The summed E-state index contributed by atoms with van der Waals surface area (Å²) in [6.45, 7) is 4.87. The van der Waals surface area contributed by atoms with E-state index >= 15 is 0 Å². The highest BCUT2D eigenvalue weighted by Gasteiger charge is 2.20. The summed E-state index contributed by atoms with van der Waals surface area (Å²) in [5.41, 5.74) is 7.54. The Balaban J connectivity index is 3.24. The van der Waals surface area contributed by atoms with E-state index in [0.717, 1.165) is 5.56 Å². The summed E-state index contributed by atoms with van der Waals surface area (Å²) in [6, 6.07) is 2.62. The molecule has 0 spiro atoms. The molecule has 0 saturated carbocycles. The SMILES string of the molecule is Cc1cc(N)cc(S(=O)(=O)N[C@H](C)CO)c1C. The number of hydrogen-bond acceptors (Lipinski definition) is 4. The molecule has 0 fully saturated rings. The molecule has 0 saturated heterocycles. The molecular formula is C11H18N2O3S. The van der Waals surface area contributed by atoms with Crippen LogP contribution in [0.4, 0.5) is 5.69 Å². The summed E-state index contributed by atoms with van der Waals surface area (Å²) in [7, 11) is -3.64. The maximum atomic E-state index is 12.0. The topological polar surface area (TPSA) is 92.4 Å². The maximum Gasteiger partial charge on any atom is 0.241 e. The van der Waals surface area contributed by atoms with E-state index in [0.29, 0.717) is 11.3 Å². The summed E-state index contributed by atoms with van der Waals surface area (Å²) < 4.78 is 26.5. The molecule has 0 bridgehead atoms. The predicted octanol–water partition coefficient (Wildman–Crippen LogP) is 0.545. The van der Waals surface area contributed by atoms with Crippen LogP contribution in [0.25, 0.3) is 0 Å². The molecule has 0 heterocycles.